The van der Waals surface area contributed by atoms with Crippen LogP contribution in [0.4, 0.5) is 0 Å². The quantitative estimate of drug-likeness (QED) is 0.333. The maximum atomic E-state index is 6.70. The van der Waals surface area contributed by atoms with Gasteiger partial charge in [0.1, 0.15) is 5.76 Å². The summed E-state index contributed by atoms with van der Waals surface area (Å²) in [7, 11) is 1.51. The van der Waals surface area contributed by atoms with Crippen LogP contribution < -0.4 is 0 Å². The predicted molar refractivity (Wildman–Crippen MR) is 34.1 cm³/mol. The highest BCUT2D eigenvalue weighted by atomic mass is 16.5. The molecule has 0 spiro atoms. The van der Waals surface area contributed by atoms with E-state index in [2.05, 4.69) is 11.3 Å². The lowest BCUT2D eigenvalue weighted by Gasteiger charge is -1.92. The summed E-state index contributed by atoms with van der Waals surface area (Å²) in [5.41, 5.74) is 0. The van der Waals surface area contributed by atoms with Crippen molar-refractivity contribution in [2.75, 3.05) is 7.11 Å². The lowest BCUT2D eigenvalue weighted by atomic mass is 10.4. The highest BCUT2D eigenvalue weighted by molar-refractivity contribution is 5.73. The molecular weight excluding hydrogens is 102 g/mol. The van der Waals surface area contributed by atoms with E-state index in [1.54, 1.807) is 12.2 Å². The SMILES string of the molecule is C=C/C=C(\C=N)OC. The number of ether oxygens (including phenoxy) is 1. The summed E-state index contributed by atoms with van der Waals surface area (Å²) in [6, 6.07) is 0. The maximum absolute atomic E-state index is 6.70. The summed E-state index contributed by atoms with van der Waals surface area (Å²) < 4.78 is 4.69. The molecule has 0 rings (SSSR count). The molecular formula is C6H9NO. The minimum Gasteiger partial charge on any atom is -0.495 e. The van der Waals surface area contributed by atoms with Crippen molar-refractivity contribution >= 4 is 6.21 Å². The van der Waals surface area contributed by atoms with E-state index in [9.17, 15) is 0 Å². The van der Waals surface area contributed by atoms with Crippen molar-refractivity contribution in [3.8, 4) is 0 Å². The van der Waals surface area contributed by atoms with Crippen LogP contribution in [0.15, 0.2) is 24.5 Å². The molecule has 0 aromatic heterocycles. The Kier molecular flexibility index (Phi) is 3.58. The van der Waals surface area contributed by atoms with Gasteiger partial charge in [-0.1, -0.05) is 12.7 Å². The van der Waals surface area contributed by atoms with E-state index in [0.29, 0.717) is 5.76 Å². The molecule has 0 saturated carbocycles. The summed E-state index contributed by atoms with van der Waals surface area (Å²) >= 11 is 0. The fraction of sp³-hybridized carbons (Fsp3) is 0.167. The Morgan fingerprint density at radius 2 is 2.38 bits per heavy atom. The van der Waals surface area contributed by atoms with Gasteiger partial charge in [0.05, 0.1) is 13.3 Å². The van der Waals surface area contributed by atoms with Gasteiger partial charge in [0.2, 0.25) is 0 Å². The van der Waals surface area contributed by atoms with Crippen molar-refractivity contribution in [3.05, 3.63) is 24.5 Å². The Morgan fingerprint density at radius 1 is 1.75 bits per heavy atom. The maximum Gasteiger partial charge on any atom is 0.136 e. The van der Waals surface area contributed by atoms with Gasteiger partial charge in [0.25, 0.3) is 0 Å². The lowest BCUT2D eigenvalue weighted by Crippen LogP contribution is -1.83. The second kappa shape index (κ2) is 4.12. The third kappa shape index (κ3) is 2.18. The summed E-state index contributed by atoms with van der Waals surface area (Å²) in [5, 5.41) is 6.70. The van der Waals surface area contributed by atoms with Crippen LogP contribution in [0.5, 0.6) is 0 Å². The van der Waals surface area contributed by atoms with Gasteiger partial charge in [0, 0.05) is 0 Å². The van der Waals surface area contributed by atoms with Crippen LogP contribution in [0.1, 0.15) is 0 Å². The van der Waals surface area contributed by atoms with Crippen LogP contribution in [0, 0.1) is 5.41 Å². The predicted octanol–water partition coefficient (Wildman–Crippen LogP) is 1.35. The van der Waals surface area contributed by atoms with Gasteiger partial charge >= 0.3 is 0 Å². The van der Waals surface area contributed by atoms with Gasteiger partial charge in [-0.3, -0.25) is 0 Å². The largest absolute Gasteiger partial charge is 0.495 e. The monoisotopic (exact) mass is 111 g/mol. The van der Waals surface area contributed by atoms with Gasteiger partial charge in [-0.05, 0) is 6.08 Å². The Balaban J connectivity index is 3.84. The number of hydrogen-bond acceptors (Lipinski definition) is 2. The molecule has 0 heterocycles. The molecule has 44 valence electrons. The highest BCUT2D eigenvalue weighted by Gasteiger charge is 1.80. The number of rotatable bonds is 3. The molecule has 2 heteroatoms. The van der Waals surface area contributed by atoms with Crippen LogP contribution >= 0.6 is 0 Å². The highest BCUT2D eigenvalue weighted by Crippen LogP contribution is 1.87. The van der Waals surface area contributed by atoms with E-state index in [0.717, 1.165) is 6.21 Å². The van der Waals surface area contributed by atoms with E-state index in [1.807, 2.05) is 0 Å². The van der Waals surface area contributed by atoms with E-state index in [4.69, 9.17) is 5.41 Å². The molecule has 0 aromatic rings. The molecule has 0 aliphatic carbocycles. The number of methoxy groups -OCH3 is 1. The van der Waals surface area contributed by atoms with Crippen molar-refractivity contribution in [2.45, 2.75) is 0 Å². The number of allylic oxidation sites excluding steroid dienone is 3. The number of hydrogen-bond donors (Lipinski definition) is 1. The molecule has 0 atom stereocenters. The zero-order valence-electron chi connectivity index (χ0n) is 4.85. The van der Waals surface area contributed by atoms with Crippen LogP contribution in [0.3, 0.4) is 0 Å². The smallest absolute Gasteiger partial charge is 0.136 e. The van der Waals surface area contributed by atoms with Crippen molar-refractivity contribution in [1.29, 1.82) is 5.41 Å². The Bertz CT molecular complexity index is 116. The molecule has 0 saturated heterocycles. The van der Waals surface area contributed by atoms with Gasteiger partial charge < -0.3 is 10.1 Å². The fourth-order valence-corrected chi connectivity index (χ4v) is 0.291. The third-order valence-corrected chi connectivity index (χ3v) is 0.660. The topological polar surface area (TPSA) is 33.1 Å². The molecule has 2 nitrogen and oxygen atoms in total. The molecule has 0 fully saturated rings. The molecule has 0 aliphatic heterocycles. The summed E-state index contributed by atoms with van der Waals surface area (Å²) in [5.74, 6) is 0.514. The molecule has 0 radical (unpaired) electrons. The average molecular weight is 111 g/mol. The summed E-state index contributed by atoms with van der Waals surface area (Å²) in [4.78, 5) is 0. The van der Waals surface area contributed by atoms with E-state index in [-0.39, 0.29) is 0 Å². The zero-order chi connectivity index (χ0) is 6.41. The normalized spacial score (nSPS) is 10.4. The standard InChI is InChI=1S/C6H9NO/c1-3-4-6(5-7)8-2/h3-5,7H,1H2,2H3/b6-4+,7-5?. The van der Waals surface area contributed by atoms with E-state index < -0.39 is 0 Å². The van der Waals surface area contributed by atoms with Crippen molar-refractivity contribution in [3.63, 3.8) is 0 Å². The minimum atomic E-state index is 0.514. The minimum absolute atomic E-state index is 0.514. The first-order chi connectivity index (χ1) is 3.85. The molecule has 8 heavy (non-hydrogen) atoms. The van der Waals surface area contributed by atoms with Crippen molar-refractivity contribution in [2.24, 2.45) is 0 Å². The number of nitrogens with one attached hydrogen (secondary N) is 1. The van der Waals surface area contributed by atoms with Crippen LogP contribution in [-0.2, 0) is 4.74 Å². The van der Waals surface area contributed by atoms with Crippen LogP contribution in [0.25, 0.3) is 0 Å². The molecule has 0 unspecified atom stereocenters. The average Bonchev–Trinajstić information content (AvgIpc) is 1.83. The zero-order valence-corrected chi connectivity index (χ0v) is 4.85. The summed E-state index contributed by atoms with van der Waals surface area (Å²) in [6.45, 7) is 3.44. The van der Waals surface area contributed by atoms with E-state index >= 15 is 0 Å². The summed E-state index contributed by atoms with van der Waals surface area (Å²) in [6.07, 6.45) is 4.32. The molecule has 0 bridgehead atoms. The first-order valence-electron chi connectivity index (χ1n) is 2.22. The fourth-order valence-electron chi connectivity index (χ4n) is 0.291. The van der Waals surface area contributed by atoms with E-state index in [1.165, 1.54) is 7.11 Å². The van der Waals surface area contributed by atoms with Gasteiger partial charge in [0.15, 0.2) is 0 Å². The van der Waals surface area contributed by atoms with Crippen molar-refractivity contribution < 1.29 is 4.74 Å². The van der Waals surface area contributed by atoms with Crippen LogP contribution in [-0.4, -0.2) is 13.3 Å². The second-order valence-electron chi connectivity index (χ2n) is 1.15. The van der Waals surface area contributed by atoms with Gasteiger partial charge in [-0.25, -0.2) is 0 Å². The van der Waals surface area contributed by atoms with Gasteiger partial charge in [-0.2, -0.15) is 0 Å². The molecule has 0 aliphatic rings. The molecule has 0 aromatic carbocycles. The molecule has 1 N–H and O–H groups in total. The lowest BCUT2D eigenvalue weighted by molar-refractivity contribution is 0.317. The van der Waals surface area contributed by atoms with Gasteiger partial charge in [-0.15, -0.1) is 0 Å². The first kappa shape index (κ1) is 6.95. The Morgan fingerprint density at radius 3 is 2.50 bits per heavy atom. The van der Waals surface area contributed by atoms with Crippen LogP contribution in [0.2, 0.25) is 0 Å². The Labute approximate surface area is 49.0 Å². The van der Waals surface area contributed by atoms with Crippen molar-refractivity contribution in [1.82, 2.24) is 0 Å². The second-order valence-corrected chi connectivity index (χ2v) is 1.15. The Hall–Kier alpha value is -1.05. The third-order valence-electron chi connectivity index (χ3n) is 0.660. The first-order valence-corrected chi connectivity index (χ1v) is 2.22. The molecule has 0 amide bonds.